The summed E-state index contributed by atoms with van der Waals surface area (Å²) in [4.78, 5) is 38.6. The minimum Gasteiger partial charge on any atom is -0.495 e. The third kappa shape index (κ3) is 3.86. The fourth-order valence-corrected chi connectivity index (χ4v) is 4.07. The SMILES string of the molecule is COc1ccccc1NC(=O)CS[C@H]1CC(=O)N(c2ccc3c(c2)OCO3)C1=O. The molecule has 150 valence electrons. The number of ether oxygens (including phenoxy) is 3. The number of nitrogens with one attached hydrogen (secondary N) is 1. The molecule has 0 unspecified atom stereocenters. The van der Waals surface area contributed by atoms with Crippen molar-refractivity contribution < 1.29 is 28.6 Å². The highest BCUT2D eigenvalue weighted by atomic mass is 32.2. The Morgan fingerprint density at radius 1 is 1.21 bits per heavy atom. The molecule has 0 radical (unpaired) electrons. The number of rotatable bonds is 6. The van der Waals surface area contributed by atoms with Crippen LogP contribution in [0.3, 0.4) is 0 Å². The van der Waals surface area contributed by atoms with Crippen molar-refractivity contribution in [3.8, 4) is 17.2 Å². The van der Waals surface area contributed by atoms with Crippen LogP contribution in [0, 0.1) is 0 Å². The van der Waals surface area contributed by atoms with E-state index < -0.39 is 5.25 Å². The Morgan fingerprint density at radius 2 is 2.00 bits per heavy atom. The van der Waals surface area contributed by atoms with Gasteiger partial charge in [0, 0.05) is 12.5 Å². The lowest BCUT2D eigenvalue weighted by atomic mass is 10.2. The molecule has 1 saturated heterocycles. The fraction of sp³-hybridized carbons (Fsp3) is 0.250. The van der Waals surface area contributed by atoms with Crippen LogP contribution >= 0.6 is 11.8 Å². The van der Waals surface area contributed by atoms with Gasteiger partial charge in [0.25, 0.3) is 0 Å². The summed E-state index contributed by atoms with van der Waals surface area (Å²) in [6, 6.07) is 12.0. The summed E-state index contributed by atoms with van der Waals surface area (Å²) in [5.41, 5.74) is 0.988. The molecule has 0 aliphatic carbocycles. The largest absolute Gasteiger partial charge is 0.495 e. The molecule has 1 fully saturated rings. The second-order valence-electron chi connectivity index (χ2n) is 6.36. The molecule has 0 spiro atoms. The van der Waals surface area contributed by atoms with Crippen LogP contribution in [0.15, 0.2) is 42.5 Å². The number of nitrogens with zero attached hydrogens (tertiary/aromatic N) is 1. The van der Waals surface area contributed by atoms with Gasteiger partial charge in [-0.05, 0) is 24.3 Å². The topological polar surface area (TPSA) is 94.2 Å². The molecule has 29 heavy (non-hydrogen) atoms. The van der Waals surface area contributed by atoms with Gasteiger partial charge >= 0.3 is 0 Å². The second-order valence-corrected chi connectivity index (χ2v) is 7.55. The van der Waals surface area contributed by atoms with E-state index in [1.807, 2.05) is 0 Å². The Morgan fingerprint density at radius 3 is 2.83 bits per heavy atom. The van der Waals surface area contributed by atoms with Gasteiger partial charge in [-0.1, -0.05) is 12.1 Å². The van der Waals surface area contributed by atoms with Crippen LogP contribution in [0.1, 0.15) is 6.42 Å². The van der Waals surface area contributed by atoms with Crippen molar-refractivity contribution >= 4 is 40.9 Å². The van der Waals surface area contributed by atoms with Crippen LogP contribution in [-0.2, 0) is 14.4 Å². The van der Waals surface area contributed by atoms with Crippen LogP contribution < -0.4 is 24.4 Å². The lowest BCUT2D eigenvalue weighted by Crippen LogP contribution is -2.31. The van der Waals surface area contributed by atoms with E-state index >= 15 is 0 Å². The van der Waals surface area contributed by atoms with E-state index in [0.29, 0.717) is 28.6 Å². The molecule has 2 aromatic rings. The number of carbonyl (C=O) groups excluding carboxylic acids is 3. The summed E-state index contributed by atoms with van der Waals surface area (Å²) in [6.45, 7) is 0.112. The lowest BCUT2D eigenvalue weighted by Gasteiger charge is -2.15. The van der Waals surface area contributed by atoms with Crippen molar-refractivity contribution in [2.45, 2.75) is 11.7 Å². The average Bonchev–Trinajstić information content (AvgIpc) is 3.30. The summed E-state index contributed by atoms with van der Waals surface area (Å²) < 4.78 is 15.8. The Hall–Kier alpha value is -3.20. The van der Waals surface area contributed by atoms with Gasteiger partial charge in [0.2, 0.25) is 24.5 Å². The molecule has 2 aliphatic rings. The maximum atomic E-state index is 12.7. The first-order valence-electron chi connectivity index (χ1n) is 8.87. The molecule has 9 heteroatoms. The number of anilines is 2. The van der Waals surface area contributed by atoms with Gasteiger partial charge in [-0.15, -0.1) is 11.8 Å². The predicted molar refractivity (Wildman–Crippen MR) is 108 cm³/mol. The third-order valence-electron chi connectivity index (χ3n) is 4.52. The molecule has 2 heterocycles. The predicted octanol–water partition coefficient (Wildman–Crippen LogP) is 2.43. The molecule has 2 aliphatic heterocycles. The van der Waals surface area contributed by atoms with Crippen molar-refractivity contribution in [3.05, 3.63) is 42.5 Å². The van der Waals surface area contributed by atoms with Crippen LogP contribution in [0.2, 0.25) is 0 Å². The molecule has 1 atom stereocenters. The number of hydrogen-bond donors (Lipinski definition) is 1. The van der Waals surface area contributed by atoms with Gasteiger partial charge in [0.1, 0.15) is 5.75 Å². The Labute approximate surface area is 171 Å². The molecule has 0 aromatic heterocycles. The number of hydrogen-bond acceptors (Lipinski definition) is 7. The zero-order valence-electron chi connectivity index (χ0n) is 15.5. The second kappa shape index (κ2) is 8.04. The van der Waals surface area contributed by atoms with Gasteiger partial charge in [0.05, 0.1) is 29.5 Å². The van der Waals surface area contributed by atoms with E-state index in [1.54, 1.807) is 42.5 Å². The smallest absolute Gasteiger partial charge is 0.247 e. The number of methoxy groups -OCH3 is 1. The van der Waals surface area contributed by atoms with Gasteiger partial charge in [-0.3, -0.25) is 14.4 Å². The first-order valence-corrected chi connectivity index (χ1v) is 9.92. The first-order chi connectivity index (χ1) is 14.1. The Kier molecular flexibility index (Phi) is 5.30. The van der Waals surface area contributed by atoms with E-state index in [1.165, 1.54) is 7.11 Å². The van der Waals surface area contributed by atoms with Crippen molar-refractivity contribution in [3.63, 3.8) is 0 Å². The number of amides is 3. The van der Waals surface area contributed by atoms with Gasteiger partial charge in [0.15, 0.2) is 11.5 Å². The third-order valence-corrected chi connectivity index (χ3v) is 5.72. The molecular formula is C20H18N2O6S. The molecular weight excluding hydrogens is 396 g/mol. The maximum absolute atomic E-state index is 12.7. The normalized spacial score (nSPS) is 17.6. The standard InChI is InChI=1S/C20H18N2O6S/c1-26-14-5-3-2-4-13(14)21-18(23)10-29-17-9-19(24)22(20(17)25)12-6-7-15-16(8-12)28-11-27-15/h2-8,17H,9-11H2,1H3,(H,21,23)/t17-/m0/s1. The molecule has 0 saturated carbocycles. The average molecular weight is 414 g/mol. The quantitative estimate of drug-likeness (QED) is 0.726. The van der Waals surface area contributed by atoms with E-state index in [9.17, 15) is 14.4 Å². The highest BCUT2D eigenvalue weighted by molar-refractivity contribution is 8.01. The summed E-state index contributed by atoms with van der Waals surface area (Å²) in [5, 5.41) is 2.14. The number of para-hydroxylation sites is 2. The maximum Gasteiger partial charge on any atom is 0.247 e. The molecule has 4 rings (SSSR count). The molecule has 8 nitrogen and oxygen atoms in total. The number of benzene rings is 2. The highest BCUT2D eigenvalue weighted by Gasteiger charge is 2.40. The monoisotopic (exact) mass is 414 g/mol. The summed E-state index contributed by atoms with van der Waals surface area (Å²) in [7, 11) is 1.52. The van der Waals surface area contributed by atoms with E-state index in [4.69, 9.17) is 14.2 Å². The number of thioether (sulfide) groups is 1. The van der Waals surface area contributed by atoms with E-state index in [0.717, 1.165) is 16.7 Å². The van der Waals surface area contributed by atoms with E-state index in [2.05, 4.69) is 5.32 Å². The number of carbonyl (C=O) groups is 3. The van der Waals surface area contributed by atoms with Crippen molar-refractivity contribution in [1.29, 1.82) is 0 Å². The van der Waals surface area contributed by atoms with Gasteiger partial charge in [-0.2, -0.15) is 0 Å². The molecule has 1 N–H and O–H groups in total. The van der Waals surface area contributed by atoms with E-state index in [-0.39, 0.29) is 36.7 Å². The molecule has 2 aromatic carbocycles. The van der Waals surface area contributed by atoms with Crippen LogP contribution in [0.4, 0.5) is 11.4 Å². The number of imide groups is 1. The highest BCUT2D eigenvalue weighted by Crippen LogP contribution is 2.38. The zero-order valence-corrected chi connectivity index (χ0v) is 16.4. The first kappa shape index (κ1) is 19.1. The minimum absolute atomic E-state index is 0.0384. The van der Waals surface area contributed by atoms with Crippen LogP contribution in [0.5, 0.6) is 17.2 Å². The minimum atomic E-state index is -0.614. The Balaban J connectivity index is 1.38. The van der Waals surface area contributed by atoms with Crippen molar-refractivity contribution in [2.24, 2.45) is 0 Å². The molecule has 0 bridgehead atoms. The van der Waals surface area contributed by atoms with Gasteiger partial charge < -0.3 is 19.5 Å². The van der Waals surface area contributed by atoms with Crippen molar-refractivity contribution in [2.75, 3.05) is 29.9 Å². The summed E-state index contributed by atoms with van der Waals surface area (Å²) in [6.07, 6.45) is 0.0415. The van der Waals surface area contributed by atoms with Crippen LogP contribution in [0.25, 0.3) is 0 Å². The summed E-state index contributed by atoms with van der Waals surface area (Å²) in [5.74, 6) is 0.729. The van der Waals surface area contributed by atoms with Crippen molar-refractivity contribution in [1.82, 2.24) is 0 Å². The summed E-state index contributed by atoms with van der Waals surface area (Å²) >= 11 is 1.14. The molecule has 3 amide bonds. The fourth-order valence-electron chi connectivity index (χ4n) is 3.14. The van der Waals surface area contributed by atoms with Crippen LogP contribution in [-0.4, -0.2) is 42.6 Å². The zero-order chi connectivity index (χ0) is 20.4. The Bertz CT molecular complexity index is 979. The number of fused-ring (bicyclic) bond motifs is 1. The lowest BCUT2D eigenvalue weighted by molar-refractivity contribution is -0.121. The van der Waals surface area contributed by atoms with Gasteiger partial charge in [-0.25, -0.2) is 4.90 Å².